The van der Waals surface area contributed by atoms with Gasteiger partial charge in [0.2, 0.25) is 5.13 Å². The van der Waals surface area contributed by atoms with E-state index in [1.165, 1.54) is 36.5 Å². The third-order valence-electron chi connectivity index (χ3n) is 3.93. The maximum absolute atomic E-state index is 12.9. The third-order valence-corrected chi connectivity index (χ3v) is 4.72. The molecule has 1 saturated heterocycles. The zero-order chi connectivity index (χ0) is 13.7. The molecule has 1 saturated carbocycles. The molecule has 4 nitrogen and oxygen atoms in total. The van der Waals surface area contributed by atoms with Crippen molar-refractivity contribution in [3.8, 4) is 0 Å². The molecular formula is C14H14FN3OS. The molecule has 0 radical (unpaired) electrons. The van der Waals surface area contributed by atoms with Crippen LogP contribution in [0.5, 0.6) is 0 Å². The lowest BCUT2D eigenvalue weighted by Gasteiger charge is -2.46. The van der Waals surface area contributed by atoms with Crippen molar-refractivity contribution >= 4 is 16.7 Å². The van der Waals surface area contributed by atoms with Gasteiger partial charge in [-0.3, -0.25) is 0 Å². The van der Waals surface area contributed by atoms with Gasteiger partial charge in [-0.1, -0.05) is 12.1 Å². The Balaban J connectivity index is 1.48. The van der Waals surface area contributed by atoms with Crippen LogP contribution >= 0.6 is 11.5 Å². The van der Waals surface area contributed by atoms with E-state index in [1.807, 2.05) is 4.90 Å². The van der Waals surface area contributed by atoms with Gasteiger partial charge in [0.1, 0.15) is 17.2 Å². The molecule has 104 valence electrons. The molecule has 2 aliphatic rings. The lowest BCUT2D eigenvalue weighted by Crippen LogP contribution is -2.59. The number of aliphatic hydroxyl groups is 1. The fraction of sp³-hybridized carbons (Fsp3) is 0.429. The molecule has 1 aliphatic heterocycles. The number of rotatable bonds is 3. The van der Waals surface area contributed by atoms with Gasteiger partial charge in [0.05, 0.1) is 13.1 Å². The molecule has 0 spiro atoms. The maximum Gasteiger partial charge on any atom is 0.205 e. The number of nitrogens with zero attached hydrogens (tertiary/aromatic N) is 3. The van der Waals surface area contributed by atoms with Crippen LogP contribution in [-0.2, 0) is 5.60 Å². The van der Waals surface area contributed by atoms with E-state index in [9.17, 15) is 9.50 Å². The van der Waals surface area contributed by atoms with Crippen LogP contribution in [0.25, 0.3) is 0 Å². The van der Waals surface area contributed by atoms with E-state index in [1.54, 1.807) is 12.1 Å². The summed E-state index contributed by atoms with van der Waals surface area (Å²) in [5.41, 5.74) is -0.152. The smallest absolute Gasteiger partial charge is 0.205 e. The highest BCUT2D eigenvalue weighted by molar-refractivity contribution is 7.09. The number of halogens is 1. The van der Waals surface area contributed by atoms with E-state index in [2.05, 4.69) is 9.36 Å². The number of benzene rings is 1. The van der Waals surface area contributed by atoms with Crippen LogP contribution in [-0.4, -0.2) is 27.6 Å². The van der Waals surface area contributed by atoms with Gasteiger partial charge in [-0.15, -0.1) is 0 Å². The molecule has 1 N–H and O–H groups in total. The lowest BCUT2D eigenvalue weighted by molar-refractivity contribution is 0.00746. The zero-order valence-electron chi connectivity index (χ0n) is 10.8. The number of aromatic nitrogens is 2. The second-order valence-corrected chi connectivity index (χ2v) is 6.33. The Morgan fingerprint density at radius 2 is 1.95 bits per heavy atom. The van der Waals surface area contributed by atoms with Gasteiger partial charge in [-0.25, -0.2) is 9.37 Å². The molecule has 6 heteroatoms. The van der Waals surface area contributed by atoms with Crippen LogP contribution in [0.2, 0.25) is 0 Å². The summed E-state index contributed by atoms with van der Waals surface area (Å²) in [5, 5.41) is 11.4. The Bertz CT molecular complexity index is 632. The van der Waals surface area contributed by atoms with E-state index < -0.39 is 5.60 Å². The first-order valence-corrected chi connectivity index (χ1v) is 7.48. The number of anilines is 1. The van der Waals surface area contributed by atoms with Gasteiger partial charge in [0.15, 0.2) is 0 Å². The first kappa shape index (κ1) is 12.2. The van der Waals surface area contributed by atoms with Crippen LogP contribution in [0.4, 0.5) is 9.52 Å². The summed E-state index contributed by atoms with van der Waals surface area (Å²) in [4.78, 5) is 6.55. The quantitative estimate of drug-likeness (QED) is 0.942. The topological polar surface area (TPSA) is 49.2 Å². The van der Waals surface area contributed by atoms with Crippen molar-refractivity contribution in [2.24, 2.45) is 0 Å². The Morgan fingerprint density at radius 1 is 1.25 bits per heavy atom. The molecule has 2 aromatic rings. The van der Waals surface area contributed by atoms with Gasteiger partial charge >= 0.3 is 0 Å². The highest BCUT2D eigenvalue weighted by Crippen LogP contribution is 2.41. The monoisotopic (exact) mass is 291 g/mol. The predicted molar refractivity (Wildman–Crippen MR) is 74.4 cm³/mol. The Labute approximate surface area is 120 Å². The van der Waals surface area contributed by atoms with Gasteiger partial charge in [-0.2, -0.15) is 4.37 Å². The minimum absolute atomic E-state index is 0.285. The summed E-state index contributed by atoms with van der Waals surface area (Å²) in [6.45, 7) is 0.968. The van der Waals surface area contributed by atoms with Crippen molar-refractivity contribution in [3.05, 3.63) is 41.5 Å². The molecule has 0 atom stereocenters. The molecule has 0 unspecified atom stereocenters. The molecule has 1 aromatic carbocycles. The maximum atomic E-state index is 12.9. The second kappa shape index (κ2) is 4.23. The Hall–Kier alpha value is -1.53. The third kappa shape index (κ3) is 1.99. The van der Waals surface area contributed by atoms with Crippen molar-refractivity contribution in [1.82, 2.24) is 9.36 Å². The molecule has 2 fully saturated rings. The van der Waals surface area contributed by atoms with E-state index in [0.717, 1.165) is 16.5 Å². The molecule has 0 amide bonds. The van der Waals surface area contributed by atoms with Crippen LogP contribution in [0.3, 0.4) is 0 Å². The van der Waals surface area contributed by atoms with Crippen LogP contribution in [0, 0.1) is 5.82 Å². The fourth-order valence-corrected chi connectivity index (χ4v) is 3.27. The highest BCUT2D eigenvalue weighted by Gasteiger charge is 2.44. The molecule has 4 rings (SSSR count). The Kier molecular flexibility index (Phi) is 2.59. The number of hydrogen-bond donors (Lipinski definition) is 1. The first-order chi connectivity index (χ1) is 9.64. The standard InChI is InChI=1S/C14H14FN3OS/c15-11-5-3-10(4-6-11)14(19)7-18(8-14)13-16-12(17-20-13)9-1-2-9/h3-6,9,19H,1-2,7-8H2. The summed E-state index contributed by atoms with van der Waals surface area (Å²) in [5.74, 6) is 1.21. The molecule has 1 aliphatic carbocycles. The van der Waals surface area contributed by atoms with E-state index in [-0.39, 0.29) is 5.82 Å². The van der Waals surface area contributed by atoms with Gasteiger partial charge in [-0.05, 0) is 30.5 Å². The predicted octanol–water partition coefficient (Wildman–Crippen LogP) is 2.26. The minimum atomic E-state index is -0.904. The van der Waals surface area contributed by atoms with E-state index in [0.29, 0.717) is 19.0 Å². The van der Waals surface area contributed by atoms with Crippen molar-refractivity contribution in [3.63, 3.8) is 0 Å². The molecule has 20 heavy (non-hydrogen) atoms. The summed E-state index contributed by atoms with van der Waals surface area (Å²) < 4.78 is 17.3. The minimum Gasteiger partial charge on any atom is -0.381 e. The van der Waals surface area contributed by atoms with Crippen LogP contribution < -0.4 is 4.90 Å². The average Bonchev–Trinajstić information content (AvgIpc) is 3.14. The van der Waals surface area contributed by atoms with Crippen molar-refractivity contribution < 1.29 is 9.50 Å². The summed E-state index contributed by atoms with van der Waals surface area (Å²) in [6, 6.07) is 6.04. The lowest BCUT2D eigenvalue weighted by atomic mass is 9.86. The Morgan fingerprint density at radius 3 is 2.60 bits per heavy atom. The van der Waals surface area contributed by atoms with Crippen LogP contribution in [0.15, 0.2) is 24.3 Å². The normalized spacial score (nSPS) is 20.8. The largest absolute Gasteiger partial charge is 0.381 e. The summed E-state index contributed by atoms with van der Waals surface area (Å²) >= 11 is 1.39. The van der Waals surface area contributed by atoms with Gasteiger partial charge in [0.25, 0.3) is 0 Å². The van der Waals surface area contributed by atoms with Gasteiger partial charge < -0.3 is 10.0 Å². The van der Waals surface area contributed by atoms with Crippen molar-refractivity contribution in [2.45, 2.75) is 24.4 Å². The van der Waals surface area contributed by atoms with Crippen molar-refractivity contribution in [2.75, 3.05) is 18.0 Å². The zero-order valence-corrected chi connectivity index (χ0v) is 11.6. The molecule has 0 bridgehead atoms. The number of β-amino-alcohol motifs (C(OH)–C–C–N with tert-alkyl or cyclic N) is 1. The van der Waals surface area contributed by atoms with E-state index in [4.69, 9.17) is 0 Å². The van der Waals surface area contributed by atoms with E-state index >= 15 is 0 Å². The number of hydrogen-bond acceptors (Lipinski definition) is 5. The first-order valence-electron chi connectivity index (χ1n) is 6.71. The average molecular weight is 291 g/mol. The second-order valence-electron chi connectivity index (χ2n) is 5.60. The summed E-state index contributed by atoms with van der Waals surface area (Å²) in [6.07, 6.45) is 2.38. The molecular weight excluding hydrogens is 277 g/mol. The summed E-state index contributed by atoms with van der Waals surface area (Å²) in [7, 11) is 0. The molecule has 1 aromatic heterocycles. The fourth-order valence-electron chi connectivity index (χ4n) is 2.53. The highest BCUT2D eigenvalue weighted by atomic mass is 32.1. The SMILES string of the molecule is OC1(c2ccc(F)cc2)CN(c2nc(C3CC3)ns2)C1. The van der Waals surface area contributed by atoms with Crippen molar-refractivity contribution in [1.29, 1.82) is 0 Å². The molecule has 2 heterocycles. The van der Waals surface area contributed by atoms with Gasteiger partial charge in [0, 0.05) is 17.5 Å². The van der Waals surface area contributed by atoms with Crippen LogP contribution in [0.1, 0.15) is 30.1 Å².